The van der Waals surface area contributed by atoms with Crippen LogP contribution in [0.1, 0.15) is 11.1 Å². The van der Waals surface area contributed by atoms with Crippen molar-refractivity contribution >= 4 is 44.4 Å². The van der Waals surface area contributed by atoms with Gasteiger partial charge in [0.25, 0.3) is 5.91 Å². The third-order valence-electron chi connectivity index (χ3n) is 4.36. The smallest absolute Gasteiger partial charge is 0.321 e. The van der Waals surface area contributed by atoms with Gasteiger partial charge in [-0.1, -0.05) is 66.2 Å². The molecule has 0 unspecified atom stereocenters. The van der Waals surface area contributed by atoms with E-state index in [1.54, 1.807) is 18.2 Å². The van der Waals surface area contributed by atoms with Crippen LogP contribution < -0.4 is 10.0 Å². The van der Waals surface area contributed by atoms with Gasteiger partial charge in [-0.2, -0.15) is 0 Å². The van der Waals surface area contributed by atoms with Gasteiger partial charge in [-0.15, -0.1) is 0 Å². The summed E-state index contributed by atoms with van der Waals surface area (Å²) in [6.07, 6.45) is 1.42. The molecule has 1 amide bonds. The number of rotatable bonds is 8. The zero-order valence-corrected chi connectivity index (χ0v) is 17.7. The van der Waals surface area contributed by atoms with E-state index in [4.69, 9.17) is 4.74 Å². The van der Waals surface area contributed by atoms with E-state index < -0.39 is 35.1 Å². The van der Waals surface area contributed by atoms with Gasteiger partial charge in [0.05, 0.1) is 0 Å². The number of carbonyl (C=O) groups is 2. The van der Waals surface area contributed by atoms with E-state index in [-0.39, 0.29) is 0 Å². The maximum absolute atomic E-state index is 12.1. The molecule has 8 heteroatoms. The summed E-state index contributed by atoms with van der Waals surface area (Å²) >= 11 is 0. The van der Waals surface area contributed by atoms with Gasteiger partial charge in [-0.3, -0.25) is 9.59 Å². The Hall–Kier alpha value is -3.49. The van der Waals surface area contributed by atoms with Gasteiger partial charge in [-0.25, -0.2) is 13.1 Å². The molecule has 31 heavy (non-hydrogen) atoms. The molecule has 0 aliphatic carbocycles. The molecule has 0 saturated carbocycles. The topological polar surface area (TPSA) is 102 Å². The van der Waals surface area contributed by atoms with Gasteiger partial charge >= 0.3 is 5.97 Å². The Morgan fingerprint density at radius 2 is 1.68 bits per heavy atom. The number of hydrogen-bond donors (Lipinski definition) is 2. The van der Waals surface area contributed by atoms with Crippen molar-refractivity contribution in [3.8, 4) is 0 Å². The minimum atomic E-state index is -3.83. The Balaban J connectivity index is 1.47. The first-order chi connectivity index (χ1) is 14.8. The third kappa shape index (κ3) is 6.77. The number of amides is 1. The summed E-state index contributed by atoms with van der Waals surface area (Å²) in [6.45, 7) is 0.824. The molecule has 0 aliphatic rings. The number of carbonyl (C=O) groups excluding carboxylic acids is 2. The molecule has 3 aromatic carbocycles. The van der Waals surface area contributed by atoms with E-state index in [9.17, 15) is 18.0 Å². The van der Waals surface area contributed by atoms with Crippen molar-refractivity contribution in [3.63, 3.8) is 0 Å². The lowest BCUT2D eigenvalue weighted by Crippen LogP contribution is -2.31. The molecule has 0 radical (unpaired) electrons. The summed E-state index contributed by atoms with van der Waals surface area (Å²) in [5.74, 6) is -1.38. The minimum Gasteiger partial charge on any atom is -0.455 e. The van der Waals surface area contributed by atoms with Gasteiger partial charge in [0.2, 0.25) is 10.0 Å². The van der Waals surface area contributed by atoms with E-state index in [2.05, 4.69) is 10.0 Å². The van der Waals surface area contributed by atoms with Gasteiger partial charge in [-0.05, 0) is 30.0 Å². The summed E-state index contributed by atoms with van der Waals surface area (Å²) in [5.41, 5.74) is 2.37. The van der Waals surface area contributed by atoms with Crippen LogP contribution in [0.25, 0.3) is 16.8 Å². The fourth-order valence-corrected chi connectivity index (χ4v) is 3.52. The Morgan fingerprint density at radius 1 is 0.968 bits per heavy atom. The highest BCUT2D eigenvalue weighted by atomic mass is 32.2. The Morgan fingerprint density at radius 3 is 2.45 bits per heavy atom. The lowest BCUT2D eigenvalue weighted by atomic mass is 10.1. The number of hydrogen-bond acceptors (Lipinski definition) is 5. The molecule has 0 heterocycles. The molecule has 3 rings (SSSR count). The van der Waals surface area contributed by atoms with Gasteiger partial charge in [0, 0.05) is 16.5 Å². The molecule has 0 aromatic heterocycles. The molecule has 0 aliphatic heterocycles. The highest BCUT2D eigenvalue weighted by Gasteiger charge is 2.12. The number of aryl methyl sites for hydroxylation is 1. The molecule has 160 valence electrons. The first-order valence-corrected chi connectivity index (χ1v) is 11.0. The molecular formula is C23H22N2O5S. The highest BCUT2D eigenvalue weighted by molar-refractivity contribution is 7.92. The number of anilines is 1. The second kappa shape index (κ2) is 10.0. The summed E-state index contributed by atoms with van der Waals surface area (Å²) in [7, 11) is -3.83. The molecule has 0 fully saturated rings. The predicted octanol–water partition coefficient (Wildman–Crippen LogP) is 3.22. The van der Waals surface area contributed by atoms with Gasteiger partial charge < -0.3 is 10.1 Å². The van der Waals surface area contributed by atoms with Crippen molar-refractivity contribution in [3.05, 3.63) is 83.3 Å². The van der Waals surface area contributed by atoms with Crippen LogP contribution in [0.5, 0.6) is 0 Å². The van der Waals surface area contributed by atoms with Crippen LogP contribution in [0.3, 0.4) is 0 Å². The summed E-state index contributed by atoms with van der Waals surface area (Å²) in [5, 5.41) is 5.48. The molecule has 0 spiro atoms. The van der Waals surface area contributed by atoms with Crippen LogP contribution in [-0.2, 0) is 24.3 Å². The summed E-state index contributed by atoms with van der Waals surface area (Å²) < 4.78 is 31.0. The summed E-state index contributed by atoms with van der Waals surface area (Å²) in [6, 6.07) is 20.3. The van der Waals surface area contributed by atoms with Crippen LogP contribution in [-0.4, -0.2) is 33.4 Å². The molecule has 7 nitrogen and oxygen atoms in total. The van der Waals surface area contributed by atoms with E-state index >= 15 is 0 Å². The second-order valence-electron chi connectivity index (χ2n) is 6.82. The largest absolute Gasteiger partial charge is 0.455 e. The van der Waals surface area contributed by atoms with Crippen LogP contribution in [0.4, 0.5) is 5.69 Å². The van der Waals surface area contributed by atoms with Crippen molar-refractivity contribution in [2.24, 2.45) is 0 Å². The number of esters is 1. The van der Waals surface area contributed by atoms with E-state index in [0.29, 0.717) is 11.3 Å². The fraction of sp³-hybridized carbons (Fsp3) is 0.130. The van der Waals surface area contributed by atoms with Crippen molar-refractivity contribution in [2.45, 2.75) is 6.92 Å². The van der Waals surface area contributed by atoms with Crippen LogP contribution in [0, 0.1) is 6.92 Å². The fourth-order valence-electron chi connectivity index (χ4n) is 2.77. The zero-order valence-electron chi connectivity index (χ0n) is 16.9. The highest BCUT2D eigenvalue weighted by Crippen LogP contribution is 2.22. The average molecular weight is 439 g/mol. The molecule has 3 aromatic rings. The van der Waals surface area contributed by atoms with Crippen LogP contribution >= 0.6 is 0 Å². The molecule has 0 atom stereocenters. The lowest BCUT2D eigenvalue weighted by molar-refractivity contribution is -0.146. The van der Waals surface area contributed by atoms with E-state index in [0.717, 1.165) is 21.7 Å². The van der Waals surface area contributed by atoms with Gasteiger partial charge in [0.15, 0.2) is 6.61 Å². The average Bonchev–Trinajstić information content (AvgIpc) is 2.76. The van der Waals surface area contributed by atoms with Crippen LogP contribution in [0.15, 0.2) is 72.1 Å². The minimum absolute atomic E-state index is 0.521. The molecule has 0 bridgehead atoms. The van der Waals surface area contributed by atoms with E-state index in [1.165, 1.54) is 6.08 Å². The predicted molar refractivity (Wildman–Crippen MR) is 121 cm³/mol. The third-order valence-corrected chi connectivity index (χ3v) is 5.40. The zero-order chi connectivity index (χ0) is 22.3. The lowest BCUT2D eigenvalue weighted by Gasteiger charge is -2.09. The Labute approximate surface area is 180 Å². The standard InChI is InChI=1S/C23H22N2O5S/c1-17-9-11-18(12-10-17)13-14-31(28,29)24-15-23(27)30-16-22(26)25-21-8-4-6-19-5-2-3-7-20(19)21/h2-14,24H,15-16H2,1H3,(H,25,26). The first-order valence-electron chi connectivity index (χ1n) is 9.50. The number of sulfonamides is 1. The SMILES string of the molecule is Cc1ccc(C=CS(=O)(=O)NCC(=O)OCC(=O)Nc2cccc3ccccc23)cc1. The monoisotopic (exact) mass is 438 g/mol. The maximum atomic E-state index is 12.1. The van der Waals surface area contributed by atoms with Crippen molar-refractivity contribution in [2.75, 3.05) is 18.5 Å². The summed E-state index contributed by atoms with van der Waals surface area (Å²) in [4.78, 5) is 23.9. The number of ether oxygens (including phenoxy) is 1. The maximum Gasteiger partial charge on any atom is 0.321 e. The second-order valence-corrected chi connectivity index (χ2v) is 8.47. The van der Waals surface area contributed by atoms with Crippen molar-refractivity contribution < 1.29 is 22.7 Å². The number of fused-ring (bicyclic) bond motifs is 1. The number of benzene rings is 3. The van der Waals surface area contributed by atoms with Crippen molar-refractivity contribution in [1.82, 2.24) is 4.72 Å². The quantitative estimate of drug-likeness (QED) is 0.526. The Kier molecular flexibility index (Phi) is 7.17. The molecule has 0 saturated heterocycles. The molecule has 2 N–H and O–H groups in total. The van der Waals surface area contributed by atoms with Gasteiger partial charge in [0.1, 0.15) is 6.54 Å². The van der Waals surface area contributed by atoms with Crippen molar-refractivity contribution in [1.29, 1.82) is 0 Å². The van der Waals surface area contributed by atoms with Crippen LogP contribution in [0.2, 0.25) is 0 Å². The normalized spacial score (nSPS) is 11.5. The molecular weight excluding hydrogens is 416 g/mol. The number of nitrogens with one attached hydrogen (secondary N) is 2. The first kappa shape index (κ1) is 22.2. The van der Waals surface area contributed by atoms with E-state index in [1.807, 2.05) is 55.5 Å². The Bertz CT molecular complexity index is 1210.